The first-order valence-electron chi connectivity index (χ1n) is 18.3. The Bertz CT molecular complexity index is 1850. The summed E-state index contributed by atoms with van der Waals surface area (Å²) in [6.07, 6.45) is 8.96. The van der Waals surface area contributed by atoms with Crippen molar-refractivity contribution < 1.29 is 19.0 Å². The Balaban J connectivity index is 1.03. The molecule has 11 heteroatoms. The van der Waals surface area contributed by atoms with Crippen LogP contribution in [-0.2, 0) is 0 Å². The maximum Gasteiger partial charge on any atom is 0.261 e. The molecule has 0 atom stereocenters. The van der Waals surface area contributed by atoms with Crippen LogP contribution in [0.5, 0.6) is 5.75 Å². The molecule has 50 heavy (non-hydrogen) atoms. The van der Waals surface area contributed by atoms with Gasteiger partial charge in [0.2, 0.25) is 5.95 Å². The third-order valence-electron chi connectivity index (χ3n) is 11.8. The zero-order chi connectivity index (χ0) is 34.4. The Labute approximate surface area is 293 Å². The third kappa shape index (κ3) is 6.24. The van der Waals surface area contributed by atoms with Gasteiger partial charge in [-0.15, -0.1) is 0 Å². The monoisotopic (exact) mass is 681 g/mol. The molecule has 0 radical (unpaired) electrons. The van der Waals surface area contributed by atoms with E-state index >= 15 is 4.39 Å². The minimum Gasteiger partial charge on any atom is -0.496 e. The highest BCUT2D eigenvalue weighted by molar-refractivity contribution is 6.05. The van der Waals surface area contributed by atoms with Gasteiger partial charge in [-0.3, -0.25) is 15.1 Å². The summed E-state index contributed by atoms with van der Waals surface area (Å²) in [5.74, 6) is -0.454. The smallest absolute Gasteiger partial charge is 0.261 e. The Morgan fingerprint density at radius 3 is 2.42 bits per heavy atom. The molecular formula is C39H48FN7O3. The number of likely N-dealkylation sites (tertiary alicyclic amines) is 2. The summed E-state index contributed by atoms with van der Waals surface area (Å²) in [5, 5.41) is 13.3. The van der Waals surface area contributed by atoms with Gasteiger partial charge in [-0.25, -0.2) is 9.37 Å². The first-order valence-corrected chi connectivity index (χ1v) is 18.3. The fourth-order valence-electron chi connectivity index (χ4n) is 9.14. The second-order valence-corrected chi connectivity index (χ2v) is 15.0. The Morgan fingerprint density at radius 2 is 1.70 bits per heavy atom. The minimum absolute atomic E-state index is 0.0453. The van der Waals surface area contributed by atoms with Crippen molar-refractivity contribution in [1.82, 2.24) is 24.3 Å². The molecule has 2 N–H and O–H groups in total. The fourth-order valence-corrected chi connectivity index (χ4v) is 9.14. The molecule has 264 valence electrons. The van der Waals surface area contributed by atoms with Crippen LogP contribution in [0.1, 0.15) is 67.8 Å². The number of methoxy groups -OCH3 is 1. The number of amides is 1. The van der Waals surface area contributed by atoms with E-state index in [-0.39, 0.29) is 23.4 Å². The number of hydrogen-bond acceptors (Lipinski definition) is 8. The minimum atomic E-state index is -0.719. The van der Waals surface area contributed by atoms with E-state index < -0.39 is 11.7 Å². The molecule has 3 saturated heterocycles. The van der Waals surface area contributed by atoms with Gasteiger partial charge in [0.1, 0.15) is 11.4 Å². The Hall–Kier alpha value is -4.06. The number of ether oxygens (including phenoxy) is 1. The van der Waals surface area contributed by atoms with Gasteiger partial charge >= 0.3 is 0 Å². The van der Waals surface area contributed by atoms with Crippen LogP contribution in [0.25, 0.3) is 22.3 Å². The first-order chi connectivity index (χ1) is 24.3. The molecule has 8 rings (SSSR count). The highest BCUT2D eigenvalue weighted by Gasteiger charge is 2.44. The van der Waals surface area contributed by atoms with Crippen LogP contribution in [0, 0.1) is 11.2 Å². The highest BCUT2D eigenvalue weighted by atomic mass is 19.1. The average Bonchev–Trinajstić information content (AvgIpc) is 3.48. The number of aliphatic hydroxyl groups excluding tert-OH is 1. The summed E-state index contributed by atoms with van der Waals surface area (Å²) in [6.45, 7) is 6.97. The van der Waals surface area contributed by atoms with Crippen molar-refractivity contribution in [2.75, 3.05) is 63.6 Å². The highest BCUT2D eigenvalue weighted by Crippen LogP contribution is 2.41. The van der Waals surface area contributed by atoms with Crippen molar-refractivity contribution >= 4 is 28.6 Å². The van der Waals surface area contributed by atoms with Crippen LogP contribution in [0.2, 0.25) is 0 Å². The van der Waals surface area contributed by atoms with Gasteiger partial charge in [0.25, 0.3) is 5.91 Å². The number of nitrogens with zero attached hydrogens (tertiary/aromatic N) is 6. The molecule has 1 amide bonds. The zero-order valence-electron chi connectivity index (χ0n) is 29.2. The molecule has 5 heterocycles. The van der Waals surface area contributed by atoms with Gasteiger partial charge < -0.3 is 29.1 Å². The summed E-state index contributed by atoms with van der Waals surface area (Å²) < 4.78 is 23.5. The predicted molar refractivity (Wildman–Crippen MR) is 193 cm³/mol. The van der Waals surface area contributed by atoms with Crippen LogP contribution in [0.15, 0.2) is 54.7 Å². The summed E-state index contributed by atoms with van der Waals surface area (Å²) in [6, 6.07) is 15.5. The lowest BCUT2D eigenvalue weighted by atomic mass is 9.72. The number of hydrogen-bond donors (Lipinski definition) is 2. The average molecular weight is 682 g/mol. The topological polar surface area (TPSA) is 99.0 Å². The van der Waals surface area contributed by atoms with E-state index in [0.717, 1.165) is 55.5 Å². The zero-order valence-corrected chi connectivity index (χ0v) is 29.2. The number of fused-ring (bicyclic) bond motifs is 1. The van der Waals surface area contributed by atoms with Crippen LogP contribution in [-0.4, -0.2) is 101 Å². The molecule has 3 aliphatic heterocycles. The van der Waals surface area contributed by atoms with Crippen molar-refractivity contribution in [2.45, 2.75) is 69.6 Å². The number of rotatable bonds is 7. The van der Waals surface area contributed by atoms with Gasteiger partial charge in [0.15, 0.2) is 5.82 Å². The summed E-state index contributed by atoms with van der Waals surface area (Å²) in [5.41, 5.74) is 3.85. The van der Waals surface area contributed by atoms with Crippen molar-refractivity contribution in [3.8, 4) is 17.0 Å². The second kappa shape index (κ2) is 13.6. The van der Waals surface area contributed by atoms with Gasteiger partial charge in [-0.05, 0) is 113 Å². The molecule has 2 aromatic carbocycles. The Kier molecular flexibility index (Phi) is 8.99. The van der Waals surface area contributed by atoms with E-state index in [2.05, 4.69) is 48.7 Å². The number of aromatic nitrogens is 3. The predicted octanol–water partition coefficient (Wildman–Crippen LogP) is 5.97. The molecule has 10 nitrogen and oxygen atoms in total. The molecule has 1 saturated carbocycles. The number of nitrogens with one attached hydrogen (secondary N) is 1. The van der Waals surface area contributed by atoms with E-state index in [1.54, 1.807) is 24.3 Å². The summed E-state index contributed by atoms with van der Waals surface area (Å²) in [4.78, 5) is 30.6. The quantitative estimate of drug-likeness (QED) is 0.246. The van der Waals surface area contributed by atoms with E-state index in [1.165, 1.54) is 58.4 Å². The molecule has 4 aromatic rings. The molecule has 4 fully saturated rings. The SMILES string of the molecule is COc1ccccc1-c1nccc(C(=O)Nc2nc3ccc(N4CCC(N5CCC6(CC5)CN(C)C6)CC4)cc3n2C2CCC(O)CC2)c1F. The molecular weight excluding hydrogens is 633 g/mol. The summed E-state index contributed by atoms with van der Waals surface area (Å²) >= 11 is 0. The number of aliphatic hydroxyl groups is 1. The van der Waals surface area contributed by atoms with Gasteiger partial charge in [0, 0.05) is 55.7 Å². The molecule has 0 bridgehead atoms. The number of halogens is 1. The van der Waals surface area contributed by atoms with Crippen molar-refractivity contribution in [2.24, 2.45) is 5.41 Å². The number of imidazole rings is 1. The lowest BCUT2D eigenvalue weighted by Gasteiger charge is -2.54. The van der Waals surface area contributed by atoms with E-state index in [0.29, 0.717) is 41.6 Å². The summed E-state index contributed by atoms with van der Waals surface area (Å²) in [7, 11) is 3.75. The largest absolute Gasteiger partial charge is 0.496 e. The van der Waals surface area contributed by atoms with Gasteiger partial charge in [-0.2, -0.15) is 0 Å². The standard InChI is InChI=1S/C39H48FN7O3/c1-44-24-39(25-44)16-21-46(22-17-39)26-14-19-45(20-15-26)28-9-12-32-33(23-28)47(27-7-10-29(48)11-8-27)38(42-32)43-37(49)31-13-18-41-36(35(31)40)30-5-3-4-6-34(30)50-2/h3-6,9,12-13,18,23,26-27,29,48H,7-8,10-11,14-17,19-22,24-25H2,1-2H3,(H,42,43,49). The number of carbonyl (C=O) groups is 1. The molecule has 4 aliphatic rings. The van der Waals surface area contributed by atoms with E-state index in [4.69, 9.17) is 9.72 Å². The van der Waals surface area contributed by atoms with E-state index in [9.17, 15) is 9.90 Å². The van der Waals surface area contributed by atoms with Crippen LogP contribution in [0.3, 0.4) is 0 Å². The maximum absolute atomic E-state index is 16.0. The lowest BCUT2D eigenvalue weighted by molar-refractivity contribution is -0.0419. The molecule has 1 aliphatic carbocycles. The fraction of sp³-hybridized carbons (Fsp3) is 0.513. The van der Waals surface area contributed by atoms with Crippen molar-refractivity contribution in [3.63, 3.8) is 0 Å². The van der Waals surface area contributed by atoms with Crippen LogP contribution in [0.4, 0.5) is 16.0 Å². The first kappa shape index (κ1) is 33.1. The third-order valence-corrected chi connectivity index (χ3v) is 11.8. The molecule has 1 spiro atoms. The lowest BCUT2D eigenvalue weighted by Crippen LogP contribution is -2.60. The van der Waals surface area contributed by atoms with Crippen LogP contribution >= 0.6 is 0 Å². The van der Waals surface area contributed by atoms with Crippen LogP contribution < -0.4 is 15.0 Å². The second-order valence-electron chi connectivity index (χ2n) is 15.0. The maximum atomic E-state index is 16.0. The van der Waals surface area contributed by atoms with Gasteiger partial charge in [-0.1, -0.05) is 12.1 Å². The number of para-hydroxylation sites is 1. The van der Waals surface area contributed by atoms with Crippen molar-refractivity contribution in [1.29, 1.82) is 0 Å². The number of carbonyl (C=O) groups excluding carboxylic acids is 1. The van der Waals surface area contributed by atoms with Crippen molar-refractivity contribution in [3.05, 3.63) is 66.1 Å². The van der Waals surface area contributed by atoms with E-state index in [1.807, 2.05) is 6.07 Å². The number of anilines is 2. The number of pyridine rings is 1. The molecule has 2 aromatic heterocycles. The molecule has 0 unspecified atom stereocenters. The Morgan fingerprint density at radius 1 is 0.960 bits per heavy atom. The van der Waals surface area contributed by atoms with Gasteiger partial charge in [0.05, 0.1) is 29.8 Å². The number of piperidine rings is 2. The number of benzene rings is 2. The normalized spacial score (nSPS) is 23.2.